The number of benzene rings is 2. The molecule has 0 radical (unpaired) electrons. The largest absolute Gasteiger partial charge is 0.493 e. The van der Waals surface area contributed by atoms with Gasteiger partial charge in [0.2, 0.25) is 5.91 Å². The highest BCUT2D eigenvalue weighted by molar-refractivity contribution is 5.90. The molecule has 0 spiro atoms. The summed E-state index contributed by atoms with van der Waals surface area (Å²) in [5.41, 5.74) is 1.16. The molecule has 32 heavy (non-hydrogen) atoms. The summed E-state index contributed by atoms with van der Waals surface area (Å²) in [6, 6.07) is 9.88. The normalized spacial score (nSPS) is 10.9. The first kappa shape index (κ1) is 21.0. The first-order valence-electron chi connectivity index (χ1n) is 9.45. The monoisotopic (exact) mass is 440 g/mol. The standard InChI is InChI=1S/C22H18F2N4O4/c1-31-19-6-3-13(9-20(19)32-2)17-11-18-22(30)27(7-8-28(18)26-17)12-21(29)25-14-4-5-15(23)16(24)10-14/h3-11H,12H2,1-2H3,(H,25,29). The smallest absolute Gasteiger partial charge is 0.277 e. The van der Waals surface area contributed by atoms with Crippen molar-refractivity contribution in [2.45, 2.75) is 6.54 Å². The van der Waals surface area contributed by atoms with Crippen LogP contribution in [0.2, 0.25) is 0 Å². The number of nitrogens with one attached hydrogen (secondary N) is 1. The third-order valence-electron chi connectivity index (χ3n) is 4.80. The molecular formula is C22H18F2N4O4. The van der Waals surface area contributed by atoms with Crippen LogP contribution < -0.4 is 20.3 Å². The second-order valence-electron chi connectivity index (χ2n) is 6.84. The molecule has 4 aromatic rings. The summed E-state index contributed by atoms with van der Waals surface area (Å²) >= 11 is 0. The predicted octanol–water partition coefficient (Wildman–Crippen LogP) is 3.10. The molecule has 164 valence electrons. The average molecular weight is 440 g/mol. The number of hydrogen-bond donors (Lipinski definition) is 1. The molecule has 2 heterocycles. The fraction of sp³-hybridized carbons (Fsp3) is 0.136. The van der Waals surface area contributed by atoms with Crippen molar-refractivity contribution < 1.29 is 23.0 Å². The lowest BCUT2D eigenvalue weighted by Crippen LogP contribution is -2.28. The fourth-order valence-corrected chi connectivity index (χ4v) is 3.22. The van der Waals surface area contributed by atoms with E-state index in [2.05, 4.69) is 10.4 Å². The molecule has 0 bridgehead atoms. The minimum absolute atomic E-state index is 0.0862. The quantitative estimate of drug-likeness (QED) is 0.498. The van der Waals surface area contributed by atoms with Gasteiger partial charge in [0, 0.05) is 29.7 Å². The van der Waals surface area contributed by atoms with E-state index in [9.17, 15) is 18.4 Å². The average Bonchev–Trinajstić information content (AvgIpc) is 3.23. The number of carbonyl (C=O) groups excluding carboxylic acids is 1. The summed E-state index contributed by atoms with van der Waals surface area (Å²) in [6.45, 7) is -0.314. The van der Waals surface area contributed by atoms with Crippen LogP contribution in [-0.2, 0) is 11.3 Å². The fourth-order valence-electron chi connectivity index (χ4n) is 3.22. The van der Waals surface area contributed by atoms with Crippen LogP contribution in [0.3, 0.4) is 0 Å². The highest BCUT2D eigenvalue weighted by Gasteiger charge is 2.14. The number of nitrogens with zero attached hydrogens (tertiary/aromatic N) is 3. The van der Waals surface area contributed by atoms with Gasteiger partial charge in [-0.1, -0.05) is 0 Å². The minimum atomic E-state index is -1.08. The third kappa shape index (κ3) is 4.02. The van der Waals surface area contributed by atoms with Gasteiger partial charge in [0.1, 0.15) is 12.1 Å². The summed E-state index contributed by atoms with van der Waals surface area (Å²) < 4.78 is 39.5. The summed E-state index contributed by atoms with van der Waals surface area (Å²) in [5, 5.41) is 6.84. The minimum Gasteiger partial charge on any atom is -0.493 e. The Kier molecular flexibility index (Phi) is 5.59. The Morgan fingerprint density at radius 3 is 2.50 bits per heavy atom. The molecule has 10 heteroatoms. The Morgan fingerprint density at radius 1 is 1.00 bits per heavy atom. The van der Waals surface area contributed by atoms with Crippen molar-refractivity contribution in [3.63, 3.8) is 0 Å². The molecule has 1 N–H and O–H groups in total. The molecule has 0 aliphatic heterocycles. The van der Waals surface area contributed by atoms with E-state index in [-0.39, 0.29) is 17.7 Å². The summed E-state index contributed by atoms with van der Waals surface area (Å²) in [7, 11) is 3.06. The van der Waals surface area contributed by atoms with E-state index in [1.807, 2.05) is 0 Å². The zero-order chi connectivity index (χ0) is 22.8. The Bertz CT molecular complexity index is 1380. The van der Waals surface area contributed by atoms with Gasteiger partial charge in [0.25, 0.3) is 5.56 Å². The molecule has 2 aromatic carbocycles. The van der Waals surface area contributed by atoms with E-state index < -0.39 is 23.1 Å². The lowest BCUT2D eigenvalue weighted by atomic mass is 10.1. The highest BCUT2D eigenvalue weighted by atomic mass is 19.2. The van der Waals surface area contributed by atoms with Gasteiger partial charge in [0.15, 0.2) is 23.1 Å². The molecule has 0 fully saturated rings. The predicted molar refractivity (Wildman–Crippen MR) is 113 cm³/mol. The maximum Gasteiger partial charge on any atom is 0.277 e. The Hall–Kier alpha value is -4.21. The van der Waals surface area contributed by atoms with Crippen LogP contribution in [-0.4, -0.2) is 34.3 Å². The number of halogens is 2. The van der Waals surface area contributed by atoms with Crippen molar-refractivity contribution in [2.75, 3.05) is 19.5 Å². The first-order valence-corrected chi connectivity index (χ1v) is 9.45. The van der Waals surface area contributed by atoms with Crippen LogP contribution in [0.15, 0.2) is 59.7 Å². The van der Waals surface area contributed by atoms with Crippen molar-refractivity contribution in [2.24, 2.45) is 0 Å². The van der Waals surface area contributed by atoms with Gasteiger partial charge in [0.05, 0.1) is 19.9 Å². The second-order valence-corrected chi connectivity index (χ2v) is 6.84. The third-order valence-corrected chi connectivity index (χ3v) is 4.80. The van der Waals surface area contributed by atoms with Crippen LogP contribution >= 0.6 is 0 Å². The Morgan fingerprint density at radius 2 is 1.78 bits per heavy atom. The van der Waals surface area contributed by atoms with Crippen LogP contribution in [0.5, 0.6) is 11.5 Å². The zero-order valence-corrected chi connectivity index (χ0v) is 17.1. The van der Waals surface area contributed by atoms with E-state index in [1.165, 1.54) is 35.6 Å². The Labute approximate surface area is 180 Å². The van der Waals surface area contributed by atoms with Gasteiger partial charge in [-0.3, -0.25) is 9.59 Å². The zero-order valence-electron chi connectivity index (χ0n) is 17.1. The van der Waals surface area contributed by atoms with Crippen molar-refractivity contribution in [1.82, 2.24) is 14.2 Å². The molecule has 1 amide bonds. The molecule has 0 atom stereocenters. The molecule has 0 saturated carbocycles. The van der Waals surface area contributed by atoms with Crippen LogP contribution in [0, 0.1) is 11.6 Å². The molecule has 0 aliphatic carbocycles. The number of hydrogen-bond acceptors (Lipinski definition) is 5. The van der Waals surface area contributed by atoms with Gasteiger partial charge in [-0.15, -0.1) is 0 Å². The summed E-state index contributed by atoms with van der Waals surface area (Å²) in [6.07, 6.45) is 2.97. The Balaban J connectivity index is 1.60. The number of methoxy groups -OCH3 is 2. The lowest BCUT2D eigenvalue weighted by molar-refractivity contribution is -0.116. The SMILES string of the molecule is COc1ccc(-c2cc3c(=O)n(CC(=O)Nc4ccc(F)c(F)c4)ccn3n2)cc1OC. The number of amides is 1. The van der Waals surface area contributed by atoms with E-state index in [0.29, 0.717) is 22.8 Å². The van der Waals surface area contributed by atoms with E-state index in [4.69, 9.17) is 9.47 Å². The maximum absolute atomic E-state index is 13.3. The molecule has 2 aromatic heterocycles. The molecule has 4 rings (SSSR count). The van der Waals surface area contributed by atoms with Crippen LogP contribution in [0.25, 0.3) is 16.8 Å². The number of anilines is 1. The number of ether oxygens (including phenoxy) is 2. The summed E-state index contributed by atoms with van der Waals surface area (Å²) in [4.78, 5) is 25.1. The number of fused-ring (bicyclic) bond motifs is 1. The van der Waals surface area contributed by atoms with Gasteiger partial charge < -0.3 is 19.4 Å². The molecule has 0 saturated heterocycles. The molecular weight excluding hydrogens is 422 g/mol. The number of rotatable bonds is 6. The maximum atomic E-state index is 13.3. The number of carbonyl (C=O) groups is 1. The first-order chi connectivity index (χ1) is 15.4. The van der Waals surface area contributed by atoms with Gasteiger partial charge in [-0.05, 0) is 36.4 Å². The number of aromatic nitrogens is 3. The molecule has 8 nitrogen and oxygen atoms in total. The van der Waals surface area contributed by atoms with Gasteiger partial charge in [-0.2, -0.15) is 5.10 Å². The topological polar surface area (TPSA) is 86.9 Å². The van der Waals surface area contributed by atoms with E-state index in [1.54, 1.807) is 30.5 Å². The lowest BCUT2D eigenvalue weighted by Gasteiger charge is -2.08. The van der Waals surface area contributed by atoms with Crippen molar-refractivity contribution in [3.05, 3.63) is 76.8 Å². The highest BCUT2D eigenvalue weighted by Crippen LogP contribution is 2.31. The van der Waals surface area contributed by atoms with Crippen LogP contribution in [0.4, 0.5) is 14.5 Å². The van der Waals surface area contributed by atoms with Gasteiger partial charge in [-0.25, -0.2) is 13.3 Å². The van der Waals surface area contributed by atoms with E-state index in [0.717, 1.165) is 12.1 Å². The second kappa shape index (κ2) is 8.50. The van der Waals surface area contributed by atoms with Crippen molar-refractivity contribution >= 4 is 17.1 Å². The summed E-state index contributed by atoms with van der Waals surface area (Å²) in [5.74, 6) is -1.58. The van der Waals surface area contributed by atoms with Crippen molar-refractivity contribution in [1.29, 1.82) is 0 Å². The van der Waals surface area contributed by atoms with Gasteiger partial charge >= 0.3 is 0 Å². The molecule has 0 unspecified atom stereocenters. The van der Waals surface area contributed by atoms with Crippen LogP contribution in [0.1, 0.15) is 0 Å². The van der Waals surface area contributed by atoms with Crippen molar-refractivity contribution in [3.8, 4) is 22.8 Å². The van der Waals surface area contributed by atoms with E-state index >= 15 is 0 Å². The molecule has 0 aliphatic rings.